The van der Waals surface area contributed by atoms with E-state index < -0.39 is 18.0 Å². The molecule has 1 atom stereocenters. The second kappa shape index (κ2) is 7.26. The van der Waals surface area contributed by atoms with E-state index in [1.807, 2.05) is 30.3 Å². The van der Waals surface area contributed by atoms with Gasteiger partial charge in [-0.2, -0.15) is 0 Å². The van der Waals surface area contributed by atoms with E-state index >= 15 is 0 Å². The van der Waals surface area contributed by atoms with Crippen LogP contribution in [0.3, 0.4) is 0 Å². The van der Waals surface area contributed by atoms with Gasteiger partial charge in [-0.3, -0.25) is 4.79 Å². The summed E-state index contributed by atoms with van der Waals surface area (Å²) in [6.07, 6.45) is -0.976. The smallest absolute Gasteiger partial charge is 0.339 e. The molecule has 114 valence electrons. The zero-order chi connectivity index (χ0) is 15.9. The number of ether oxygens (including phenoxy) is 2. The summed E-state index contributed by atoms with van der Waals surface area (Å²) in [5.41, 5.74) is 6.12. The Bertz CT molecular complexity index is 655. The molecule has 0 fully saturated rings. The molecule has 0 saturated heterocycles. The Hall–Kier alpha value is -2.82. The Morgan fingerprint density at radius 2 is 1.68 bits per heavy atom. The summed E-state index contributed by atoms with van der Waals surface area (Å²) in [7, 11) is 0. The maximum absolute atomic E-state index is 12.1. The topological polar surface area (TPSA) is 78.6 Å². The van der Waals surface area contributed by atoms with E-state index in [9.17, 15) is 9.59 Å². The fourth-order valence-electron chi connectivity index (χ4n) is 1.81. The van der Waals surface area contributed by atoms with Crippen LogP contribution in [-0.4, -0.2) is 18.0 Å². The SMILES string of the molecule is C[C@H](OC(=O)c1ccccc1COc1ccccc1)C(N)=O. The van der Waals surface area contributed by atoms with Crippen molar-refractivity contribution in [2.75, 3.05) is 0 Å². The predicted octanol–water partition coefficient (Wildman–Crippen LogP) is 2.30. The largest absolute Gasteiger partial charge is 0.489 e. The minimum absolute atomic E-state index is 0.222. The Labute approximate surface area is 128 Å². The monoisotopic (exact) mass is 299 g/mol. The third-order valence-corrected chi connectivity index (χ3v) is 3.06. The molecule has 5 heteroatoms. The number of nitrogens with two attached hydrogens (primary N) is 1. The number of hydrogen-bond acceptors (Lipinski definition) is 4. The van der Waals surface area contributed by atoms with Crippen LogP contribution in [0.4, 0.5) is 0 Å². The van der Waals surface area contributed by atoms with Crippen molar-refractivity contribution >= 4 is 11.9 Å². The third kappa shape index (κ3) is 4.09. The standard InChI is InChI=1S/C17H17NO4/c1-12(16(18)19)22-17(20)15-10-6-5-7-13(15)11-21-14-8-3-2-4-9-14/h2-10,12H,11H2,1H3,(H2,18,19)/t12-/m0/s1. The zero-order valence-corrected chi connectivity index (χ0v) is 12.2. The van der Waals surface area contributed by atoms with E-state index in [0.717, 1.165) is 0 Å². The van der Waals surface area contributed by atoms with Crippen LogP contribution < -0.4 is 10.5 Å². The quantitative estimate of drug-likeness (QED) is 0.830. The second-order valence-electron chi connectivity index (χ2n) is 4.71. The molecule has 0 saturated carbocycles. The number of amides is 1. The number of hydrogen-bond donors (Lipinski definition) is 1. The highest BCUT2D eigenvalue weighted by molar-refractivity contribution is 5.93. The molecule has 0 bridgehead atoms. The summed E-state index contributed by atoms with van der Waals surface area (Å²) in [5.74, 6) is -0.582. The fourth-order valence-corrected chi connectivity index (χ4v) is 1.81. The summed E-state index contributed by atoms with van der Waals surface area (Å²) in [4.78, 5) is 23.1. The molecule has 0 aliphatic heterocycles. The van der Waals surface area contributed by atoms with Crippen LogP contribution in [0.1, 0.15) is 22.8 Å². The summed E-state index contributed by atoms with van der Waals surface area (Å²) < 4.78 is 10.7. The minimum Gasteiger partial charge on any atom is -0.489 e. The highest BCUT2D eigenvalue weighted by atomic mass is 16.5. The van der Waals surface area contributed by atoms with Crippen molar-refractivity contribution in [3.8, 4) is 5.75 Å². The van der Waals surface area contributed by atoms with Crippen molar-refractivity contribution in [2.45, 2.75) is 19.6 Å². The van der Waals surface area contributed by atoms with Gasteiger partial charge in [0, 0.05) is 5.56 Å². The van der Waals surface area contributed by atoms with Crippen molar-refractivity contribution in [2.24, 2.45) is 5.73 Å². The van der Waals surface area contributed by atoms with Crippen LogP contribution in [0, 0.1) is 0 Å². The van der Waals surface area contributed by atoms with Gasteiger partial charge in [-0.25, -0.2) is 4.79 Å². The van der Waals surface area contributed by atoms with Crippen LogP contribution in [0.5, 0.6) is 5.75 Å². The van der Waals surface area contributed by atoms with E-state index in [4.69, 9.17) is 15.2 Å². The average Bonchev–Trinajstić information content (AvgIpc) is 2.54. The van der Waals surface area contributed by atoms with Gasteiger partial charge >= 0.3 is 5.97 Å². The molecule has 0 aliphatic carbocycles. The Morgan fingerprint density at radius 1 is 1.05 bits per heavy atom. The fraction of sp³-hybridized carbons (Fsp3) is 0.176. The van der Waals surface area contributed by atoms with Gasteiger partial charge in [0.05, 0.1) is 5.56 Å². The second-order valence-corrected chi connectivity index (χ2v) is 4.71. The number of carbonyl (C=O) groups excluding carboxylic acids is 2. The van der Waals surface area contributed by atoms with Crippen molar-refractivity contribution in [3.05, 3.63) is 65.7 Å². The van der Waals surface area contributed by atoms with Gasteiger partial charge in [-0.15, -0.1) is 0 Å². The number of benzene rings is 2. The van der Waals surface area contributed by atoms with E-state index in [0.29, 0.717) is 16.9 Å². The summed E-state index contributed by atoms with van der Waals surface area (Å²) in [5, 5.41) is 0. The highest BCUT2D eigenvalue weighted by Gasteiger charge is 2.18. The minimum atomic E-state index is -0.976. The van der Waals surface area contributed by atoms with Crippen LogP contribution in [-0.2, 0) is 16.1 Å². The van der Waals surface area contributed by atoms with Gasteiger partial charge in [0.2, 0.25) is 0 Å². The first-order chi connectivity index (χ1) is 10.6. The Kier molecular flexibility index (Phi) is 5.14. The van der Waals surface area contributed by atoms with E-state index in [1.165, 1.54) is 6.92 Å². The lowest BCUT2D eigenvalue weighted by Crippen LogP contribution is -2.30. The first-order valence-corrected chi connectivity index (χ1v) is 6.84. The van der Waals surface area contributed by atoms with Gasteiger partial charge in [0.15, 0.2) is 6.10 Å². The summed E-state index contributed by atoms with van der Waals surface area (Å²) in [6.45, 7) is 1.66. The molecule has 5 nitrogen and oxygen atoms in total. The Balaban J connectivity index is 2.09. The molecule has 0 aromatic heterocycles. The predicted molar refractivity (Wildman–Crippen MR) is 81.3 cm³/mol. The summed E-state index contributed by atoms with van der Waals surface area (Å²) in [6, 6.07) is 16.2. The number of esters is 1. The van der Waals surface area contributed by atoms with E-state index in [1.54, 1.807) is 24.3 Å². The maximum Gasteiger partial charge on any atom is 0.339 e. The van der Waals surface area contributed by atoms with Crippen LogP contribution in [0.25, 0.3) is 0 Å². The zero-order valence-electron chi connectivity index (χ0n) is 12.2. The molecule has 2 aromatic carbocycles. The summed E-state index contributed by atoms with van der Waals surface area (Å²) >= 11 is 0. The van der Waals surface area contributed by atoms with Crippen molar-refractivity contribution < 1.29 is 19.1 Å². The van der Waals surface area contributed by atoms with Crippen molar-refractivity contribution in [3.63, 3.8) is 0 Å². The first kappa shape index (κ1) is 15.6. The molecule has 0 aliphatic rings. The average molecular weight is 299 g/mol. The molecular weight excluding hydrogens is 282 g/mol. The van der Waals surface area contributed by atoms with Crippen LogP contribution in [0.15, 0.2) is 54.6 Å². The van der Waals surface area contributed by atoms with Gasteiger partial charge in [-0.05, 0) is 25.1 Å². The van der Waals surface area contributed by atoms with Crippen LogP contribution >= 0.6 is 0 Å². The van der Waals surface area contributed by atoms with Gasteiger partial charge in [0.25, 0.3) is 5.91 Å². The molecule has 0 radical (unpaired) electrons. The van der Waals surface area contributed by atoms with Crippen molar-refractivity contribution in [1.82, 2.24) is 0 Å². The molecule has 2 N–H and O–H groups in total. The number of primary amides is 1. The molecule has 0 unspecified atom stereocenters. The molecule has 1 amide bonds. The number of rotatable bonds is 6. The third-order valence-electron chi connectivity index (χ3n) is 3.06. The molecule has 2 aromatic rings. The first-order valence-electron chi connectivity index (χ1n) is 6.84. The lowest BCUT2D eigenvalue weighted by atomic mass is 10.1. The van der Waals surface area contributed by atoms with E-state index in [-0.39, 0.29) is 6.61 Å². The molecular formula is C17H17NO4. The normalized spacial score (nSPS) is 11.5. The number of carbonyl (C=O) groups is 2. The molecule has 0 heterocycles. The van der Waals surface area contributed by atoms with Gasteiger partial charge in [0.1, 0.15) is 12.4 Å². The molecule has 0 spiro atoms. The maximum atomic E-state index is 12.1. The van der Waals surface area contributed by atoms with Gasteiger partial charge < -0.3 is 15.2 Å². The highest BCUT2D eigenvalue weighted by Crippen LogP contribution is 2.16. The van der Waals surface area contributed by atoms with Crippen LogP contribution in [0.2, 0.25) is 0 Å². The van der Waals surface area contributed by atoms with E-state index in [2.05, 4.69) is 0 Å². The molecule has 2 rings (SSSR count). The molecule has 22 heavy (non-hydrogen) atoms. The lowest BCUT2D eigenvalue weighted by molar-refractivity contribution is -0.125. The Morgan fingerprint density at radius 3 is 2.36 bits per heavy atom. The van der Waals surface area contributed by atoms with Gasteiger partial charge in [-0.1, -0.05) is 36.4 Å². The number of para-hydroxylation sites is 1. The lowest BCUT2D eigenvalue weighted by Gasteiger charge is -2.13. The van der Waals surface area contributed by atoms with Crippen molar-refractivity contribution in [1.29, 1.82) is 0 Å².